The minimum atomic E-state index is -0.993. The molecule has 1 aliphatic heterocycles. The van der Waals surface area contributed by atoms with Gasteiger partial charge in [-0.15, -0.1) is 11.3 Å². The fraction of sp³-hybridized carbons (Fsp3) is 0.429. The molecular formula is C21H23ClO3S. The maximum atomic E-state index is 13.0. The Labute approximate surface area is 163 Å². The highest BCUT2D eigenvalue weighted by Crippen LogP contribution is 2.41. The zero-order valence-corrected chi connectivity index (χ0v) is 17.3. The van der Waals surface area contributed by atoms with Crippen molar-refractivity contribution < 1.29 is 14.3 Å². The van der Waals surface area contributed by atoms with Crippen molar-refractivity contribution in [2.24, 2.45) is 0 Å². The van der Waals surface area contributed by atoms with E-state index in [0.29, 0.717) is 0 Å². The van der Waals surface area contributed by atoms with Crippen LogP contribution in [0.2, 0.25) is 4.34 Å². The molecule has 1 saturated heterocycles. The largest absolute Gasteiger partial charge is 0.354 e. The van der Waals surface area contributed by atoms with Gasteiger partial charge in [0.2, 0.25) is 0 Å². The van der Waals surface area contributed by atoms with Gasteiger partial charge < -0.3 is 4.74 Å². The van der Waals surface area contributed by atoms with Crippen LogP contribution in [-0.4, -0.2) is 22.8 Å². The van der Waals surface area contributed by atoms with Gasteiger partial charge in [0.05, 0.1) is 4.34 Å². The van der Waals surface area contributed by atoms with Crippen molar-refractivity contribution in [2.75, 3.05) is 0 Å². The molecule has 0 atom stereocenters. The Hall–Kier alpha value is -1.49. The summed E-state index contributed by atoms with van der Waals surface area (Å²) < 4.78 is 6.53. The lowest BCUT2D eigenvalue weighted by molar-refractivity contribution is -0.184. The number of rotatable bonds is 3. The number of aryl methyl sites for hydroxylation is 1. The summed E-state index contributed by atoms with van der Waals surface area (Å²) in [5, 5.41) is 0. The highest BCUT2D eigenvalue weighted by molar-refractivity contribution is 7.19. The Balaban J connectivity index is 2.10. The van der Waals surface area contributed by atoms with E-state index in [9.17, 15) is 9.59 Å². The van der Waals surface area contributed by atoms with Crippen LogP contribution in [0.25, 0.3) is 10.4 Å². The van der Waals surface area contributed by atoms with Crippen LogP contribution >= 0.6 is 22.9 Å². The molecular weight excluding hydrogens is 368 g/mol. The SMILES string of the molecule is CCc1cc(-c2ccc(Cl)s2)ccc1C1C(=O)C(C)(C)OC(C)(C)C1=O. The molecule has 5 heteroatoms. The maximum Gasteiger partial charge on any atom is 0.179 e. The van der Waals surface area contributed by atoms with Gasteiger partial charge in [-0.2, -0.15) is 0 Å². The maximum absolute atomic E-state index is 13.0. The molecule has 3 nitrogen and oxygen atoms in total. The summed E-state index contributed by atoms with van der Waals surface area (Å²) >= 11 is 7.57. The lowest BCUT2D eigenvalue weighted by atomic mass is 9.73. The smallest absolute Gasteiger partial charge is 0.179 e. The minimum absolute atomic E-state index is 0.177. The molecule has 0 amide bonds. The molecule has 138 valence electrons. The van der Waals surface area contributed by atoms with Crippen LogP contribution in [0.4, 0.5) is 0 Å². The summed E-state index contributed by atoms with van der Waals surface area (Å²) in [5.74, 6) is -1.14. The van der Waals surface area contributed by atoms with E-state index in [2.05, 4.69) is 6.07 Å². The number of hydrogen-bond acceptors (Lipinski definition) is 4. The van der Waals surface area contributed by atoms with Crippen LogP contribution in [0.1, 0.15) is 51.7 Å². The number of thiophene rings is 1. The van der Waals surface area contributed by atoms with Gasteiger partial charge in [-0.25, -0.2) is 0 Å². The summed E-state index contributed by atoms with van der Waals surface area (Å²) in [6, 6.07) is 9.80. The Bertz CT molecular complexity index is 853. The monoisotopic (exact) mass is 390 g/mol. The molecule has 0 saturated carbocycles. The average Bonchev–Trinajstić information content (AvgIpc) is 2.99. The summed E-state index contributed by atoms with van der Waals surface area (Å²) in [7, 11) is 0. The molecule has 2 aromatic rings. The van der Waals surface area contributed by atoms with Crippen LogP contribution in [0.3, 0.4) is 0 Å². The van der Waals surface area contributed by atoms with Gasteiger partial charge in [-0.1, -0.05) is 36.7 Å². The Kier molecular flexibility index (Phi) is 4.89. The highest BCUT2D eigenvalue weighted by atomic mass is 35.5. The standard InChI is InChI=1S/C21H23ClO3S/c1-6-12-11-13(15-9-10-16(22)26-15)7-8-14(12)17-18(23)20(2,3)25-21(4,5)19(17)24/h7-11,17H,6H2,1-5H3. The second-order valence-electron chi connectivity index (χ2n) is 7.66. The van der Waals surface area contributed by atoms with E-state index >= 15 is 0 Å². The Morgan fingerprint density at radius 3 is 2.15 bits per heavy atom. The third kappa shape index (κ3) is 3.26. The van der Waals surface area contributed by atoms with Gasteiger partial charge in [0.1, 0.15) is 17.1 Å². The number of ether oxygens (including phenoxy) is 1. The van der Waals surface area contributed by atoms with Crippen molar-refractivity contribution in [3.05, 3.63) is 45.8 Å². The first-order chi connectivity index (χ1) is 12.1. The first kappa shape index (κ1) is 19.3. The van der Waals surface area contributed by atoms with E-state index < -0.39 is 17.1 Å². The normalized spacial score (nSPS) is 19.8. The summed E-state index contributed by atoms with van der Waals surface area (Å²) in [6.07, 6.45) is 0.737. The number of hydrogen-bond donors (Lipinski definition) is 0. The molecule has 1 aliphatic rings. The lowest BCUT2D eigenvalue weighted by Gasteiger charge is -2.43. The summed E-state index contributed by atoms with van der Waals surface area (Å²) in [4.78, 5) is 27.1. The van der Waals surface area contributed by atoms with Crippen LogP contribution < -0.4 is 0 Å². The molecule has 3 rings (SSSR count). The van der Waals surface area contributed by atoms with E-state index in [1.807, 2.05) is 31.2 Å². The summed E-state index contributed by atoms with van der Waals surface area (Å²) in [6.45, 7) is 9.00. The number of carbonyl (C=O) groups excluding carboxylic acids is 2. The summed E-state index contributed by atoms with van der Waals surface area (Å²) in [5.41, 5.74) is 0.860. The third-order valence-corrected chi connectivity index (χ3v) is 6.19. The number of benzene rings is 1. The second-order valence-corrected chi connectivity index (χ2v) is 9.37. The van der Waals surface area contributed by atoms with Crippen molar-refractivity contribution in [2.45, 2.75) is 58.2 Å². The molecule has 1 aromatic heterocycles. The Morgan fingerprint density at radius 2 is 1.65 bits per heavy atom. The van der Waals surface area contributed by atoms with Gasteiger partial charge in [0.15, 0.2) is 11.6 Å². The molecule has 1 fully saturated rings. The van der Waals surface area contributed by atoms with Gasteiger partial charge in [0.25, 0.3) is 0 Å². The molecule has 0 unspecified atom stereocenters. The van der Waals surface area contributed by atoms with Crippen LogP contribution in [0, 0.1) is 0 Å². The predicted molar refractivity (Wildman–Crippen MR) is 106 cm³/mol. The molecule has 2 heterocycles. The van der Waals surface area contributed by atoms with Crippen molar-refractivity contribution in [3.63, 3.8) is 0 Å². The lowest BCUT2D eigenvalue weighted by Crippen LogP contribution is -2.58. The van der Waals surface area contributed by atoms with Crippen molar-refractivity contribution in [1.82, 2.24) is 0 Å². The zero-order chi connectivity index (χ0) is 19.3. The molecule has 0 N–H and O–H groups in total. The second kappa shape index (κ2) is 6.59. The van der Waals surface area contributed by atoms with Crippen molar-refractivity contribution in [1.29, 1.82) is 0 Å². The topological polar surface area (TPSA) is 43.4 Å². The molecule has 0 radical (unpaired) electrons. The highest BCUT2D eigenvalue weighted by Gasteiger charge is 2.53. The minimum Gasteiger partial charge on any atom is -0.354 e. The fourth-order valence-corrected chi connectivity index (χ4v) is 4.69. The number of carbonyl (C=O) groups is 2. The van der Waals surface area contributed by atoms with E-state index in [4.69, 9.17) is 16.3 Å². The van der Waals surface area contributed by atoms with Gasteiger partial charge in [-0.3, -0.25) is 9.59 Å². The average molecular weight is 391 g/mol. The molecule has 0 aliphatic carbocycles. The molecule has 26 heavy (non-hydrogen) atoms. The van der Waals surface area contributed by atoms with Gasteiger partial charge in [-0.05, 0) is 62.9 Å². The van der Waals surface area contributed by atoms with Crippen LogP contribution in [-0.2, 0) is 20.7 Å². The van der Waals surface area contributed by atoms with Gasteiger partial charge >= 0.3 is 0 Å². The molecule has 1 aromatic carbocycles. The van der Waals surface area contributed by atoms with Crippen LogP contribution in [0.5, 0.6) is 0 Å². The number of Topliss-reactive ketones (excluding diaryl/α,β-unsaturated/α-hetero) is 2. The van der Waals surface area contributed by atoms with Crippen molar-refractivity contribution >= 4 is 34.5 Å². The quantitative estimate of drug-likeness (QED) is 0.655. The zero-order valence-electron chi connectivity index (χ0n) is 15.7. The first-order valence-corrected chi connectivity index (χ1v) is 9.93. The molecule has 0 bridgehead atoms. The van der Waals surface area contributed by atoms with Crippen LogP contribution in [0.15, 0.2) is 30.3 Å². The Morgan fingerprint density at radius 1 is 1.04 bits per heavy atom. The van der Waals surface area contributed by atoms with E-state index in [-0.39, 0.29) is 11.6 Å². The van der Waals surface area contributed by atoms with Gasteiger partial charge in [0, 0.05) is 4.88 Å². The molecule has 0 spiro atoms. The van der Waals surface area contributed by atoms with E-state index in [0.717, 1.165) is 32.3 Å². The first-order valence-electron chi connectivity index (χ1n) is 8.74. The fourth-order valence-electron chi connectivity index (χ4n) is 3.65. The van der Waals surface area contributed by atoms with E-state index in [1.54, 1.807) is 27.7 Å². The van der Waals surface area contributed by atoms with E-state index in [1.165, 1.54) is 11.3 Å². The number of ketones is 2. The predicted octanol–water partition coefficient (Wildman–Crippen LogP) is 5.44. The number of halogens is 1. The third-order valence-electron chi connectivity index (χ3n) is 4.91. The van der Waals surface area contributed by atoms with Crippen molar-refractivity contribution in [3.8, 4) is 10.4 Å².